The van der Waals surface area contributed by atoms with Crippen LogP contribution in [0.2, 0.25) is 0 Å². The zero-order chi connectivity index (χ0) is 14.5. The van der Waals surface area contributed by atoms with E-state index in [1.807, 2.05) is 13.8 Å². The average molecular weight is 306 g/mol. The van der Waals surface area contributed by atoms with Gasteiger partial charge >= 0.3 is 0 Å². The highest BCUT2D eigenvalue weighted by Gasteiger charge is 2.42. The first-order valence-electron chi connectivity index (χ1n) is 7.33. The molecule has 0 bridgehead atoms. The van der Waals surface area contributed by atoms with Crippen molar-refractivity contribution in [1.29, 1.82) is 0 Å². The summed E-state index contributed by atoms with van der Waals surface area (Å²) >= 11 is 0. The highest BCUT2D eigenvalue weighted by atomic mass is 35.5. The number of carbonyl (C=O) groups excluding carboxylic acids is 2. The Morgan fingerprint density at radius 1 is 1.20 bits per heavy atom. The Hall–Kier alpha value is -0.810. The summed E-state index contributed by atoms with van der Waals surface area (Å²) in [5.41, 5.74) is 4.89. The Bertz CT molecular complexity index is 324. The highest BCUT2D eigenvalue weighted by Crippen LogP contribution is 2.30. The smallest absolute Gasteiger partial charge is 0.248 e. The number of hydrogen-bond donors (Lipinski definition) is 2. The van der Waals surface area contributed by atoms with E-state index in [2.05, 4.69) is 5.32 Å². The van der Waals surface area contributed by atoms with Gasteiger partial charge in [0.25, 0.3) is 0 Å². The quantitative estimate of drug-likeness (QED) is 0.807. The van der Waals surface area contributed by atoms with Gasteiger partial charge in [0.05, 0.1) is 6.04 Å². The van der Waals surface area contributed by atoms with Gasteiger partial charge in [0.15, 0.2) is 0 Å². The third-order valence-electron chi connectivity index (χ3n) is 3.94. The summed E-state index contributed by atoms with van der Waals surface area (Å²) in [5, 5.41) is 2.93. The van der Waals surface area contributed by atoms with Crippen LogP contribution in [0.5, 0.6) is 0 Å². The number of halogens is 1. The van der Waals surface area contributed by atoms with E-state index in [9.17, 15) is 9.59 Å². The fourth-order valence-electron chi connectivity index (χ4n) is 2.71. The highest BCUT2D eigenvalue weighted by molar-refractivity contribution is 5.93. The van der Waals surface area contributed by atoms with E-state index in [1.54, 1.807) is 11.8 Å². The molecular weight excluding hydrogens is 278 g/mol. The number of nitrogens with two attached hydrogens (primary N) is 1. The minimum absolute atomic E-state index is 0. The maximum atomic E-state index is 12.7. The molecule has 0 saturated heterocycles. The van der Waals surface area contributed by atoms with Gasteiger partial charge in [-0.15, -0.1) is 12.4 Å². The lowest BCUT2D eigenvalue weighted by Gasteiger charge is -2.40. The Morgan fingerprint density at radius 2 is 1.70 bits per heavy atom. The molecule has 0 aliphatic heterocycles. The van der Waals surface area contributed by atoms with Crippen LogP contribution < -0.4 is 11.1 Å². The van der Waals surface area contributed by atoms with E-state index in [0.717, 1.165) is 32.1 Å². The summed E-state index contributed by atoms with van der Waals surface area (Å²) in [6.45, 7) is 6.92. The van der Waals surface area contributed by atoms with Gasteiger partial charge < -0.3 is 16.0 Å². The lowest BCUT2D eigenvalue weighted by Crippen LogP contribution is -2.62. The van der Waals surface area contributed by atoms with Gasteiger partial charge in [-0.05, 0) is 33.6 Å². The van der Waals surface area contributed by atoms with Crippen LogP contribution in [0.3, 0.4) is 0 Å². The molecule has 2 amide bonds. The first kappa shape index (κ1) is 19.2. The molecule has 6 heteroatoms. The number of hydrogen-bond acceptors (Lipinski definition) is 3. The summed E-state index contributed by atoms with van der Waals surface area (Å²) < 4.78 is 0. The lowest BCUT2D eigenvalue weighted by atomic mass is 9.80. The Balaban J connectivity index is 0.00000361. The van der Waals surface area contributed by atoms with Crippen LogP contribution >= 0.6 is 12.4 Å². The second kappa shape index (κ2) is 8.47. The maximum absolute atomic E-state index is 12.7. The second-order valence-corrected chi connectivity index (χ2v) is 5.40. The molecule has 1 atom stereocenters. The molecule has 1 saturated carbocycles. The monoisotopic (exact) mass is 305 g/mol. The Morgan fingerprint density at radius 3 is 2.10 bits per heavy atom. The molecule has 118 valence electrons. The molecule has 0 radical (unpaired) electrons. The fraction of sp³-hybridized carbons (Fsp3) is 0.857. The standard InChI is InChI=1S/C14H27N3O2.ClH/c1-4-17(5-2)13(19)14(9-7-6-8-10-14)16-12(18)11(3)15;/h11H,4-10,15H2,1-3H3,(H,16,18);1H/t11-;/m0./s1. The molecule has 1 fully saturated rings. The molecular formula is C14H28ClN3O2. The summed E-state index contributed by atoms with van der Waals surface area (Å²) in [5.74, 6) is -0.186. The topological polar surface area (TPSA) is 75.4 Å². The molecule has 1 aliphatic carbocycles. The number of amides is 2. The molecule has 0 unspecified atom stereocenters. The minimum atomic E-state index is -0.727. The molecule has 0 aromatic heterocycles. The summed E-state index contributed by atoms with van der Waals surface area (Å²) in [4.78, 5) is 26.4. The molecule has 0 aromatic rings. The van der Waals surface area contributed by atoms with Gasteiger partial charge in [0.1, 0.15) is 5.54 Å². The minimum Gasteiger partial charge on any atom is -0.341 e. The molecule has 5 nitrogen and oxygen atoms in total. The SMILES string of the molecule is CCN(CC)C(=O)C1(NC(=O)[C@H](C)N)CCCCC1.Cl. The third kappa shape index (κ3) is 4.35. The van der Waals surface area contributed by atoms with E-state index in [-0.39, 0.29) is 24.2 Å². The number of nitrogens with one attached hydrogen (secondary N) is 1. The van der Waals surface area contributed by atoms with Crippen molar-refractivity contribution >= 4 is 24.2 Å². The molecule has 0 aromatic carbocycles. The fourth-order valence-corrected chi connectivity index (χ4v) is 2.71. The maximum Gasteiger partial charge on any atom is 0.248 e. The first-order chi connectivity index (χ1) is 8.96. The predicted molar refractivity (Wildman–Crippen MR) is 82.8 cm³/mol. The predicted octanol–water partition coefficient (Wildman–Crippen LogP) is 1.44. The van der Waals surface area contributed by atoms with Crippen molar-refractivity contribution in [3.63, 3.8) is 0 Å². The number of likely N-dealkylation sites (N-methyl/N-ethyl adjacent to an activating group) is 1. The van der Waals surface area contributed by atoms with Crippen LogP contribution in [0, 0.1) is 0 Å². The molecule has 0 spiro atoms. The van der Waals surface area contributed by atoms with Crippen molar-refractivity contribution < 1.29 is 9.59 Å². The van der Waals surface area contributed by atoms with E-state index in [4.69, 9.17) is 5.73 Å². The van der Waals surface area contributed by atoms with Crippen LogP contribution in [-0.4, -0.2) is 41.4 Å². The third-order valence-corrected chi connectivity index (χ3v) is 3.94. The van der Waals surface area contributed by atoms with E-state index < -0.39 is 11.6 Å². The average Bonchev–Trinajstić information content (AvgIpc) is 2.40. The van der Waals surface area contributed by atoms with Crippen molar-refractivity contribution in [1.82, 2.24) is 10.2 Å². The van der Waals surface area contributed by atoms with Gasteiger partial charge in [-0.25, -0.2) is 0 Å². The van der Waals surface area contributed by atoms with Crippen LogP contribution in [0.15, 0.2) is 0 Å². The van der Waals surface area contributed by atoms with Crippen LogP contribution in [-0.2, 0) is 9.59 Å². The van der Waals surface area contributed by atoms with Gasteiger partial charge in [0, 0.05) is 13.1 Å². The van der Waals surface area contributed by atoms with Crippen molar-refractivity contribution in [3.05, 3.63) is 0 Å². The molecule has 3 N–H and O–H groups in total. The van der Waals surface area contributed by atoms with Crippen LogP contribution in [0.1, 0.15) is 52.9 Å². The number of nitrogens with zero attached hydrogens (tertiary/aromatic N) is 1. The summed E-state index contributed by atoms with van der Waals surface area (Å²) in [7, 11) is 0. The van der Waals surface area contributed by atoms with Gasteiger partial charge in [-0.1, -0.05) is 19.3 Å². The Kier molecular flexibility index (Phi) is 8.13. The van der Waals surface area contributed by atoms with Crippen molar-refractivity contribution in [2.75, 3.05) is 13.1 Å². The summed E-state index contributed by atoms with van der Waals surface area (Å²) in [6.07, 6.45) is 4.53. The zero-order valence-electron chi connectivity index (χ0n) is 12.8. The zero-order valence-corrected chi connectivity index (χ0v) is 13.6. The lowest BCUT2D eigenvalue weighted by molar-refractivity contribution is -0.143. The van der Waals surface area contributed by atoms with Gasteiger partial charge in [0.2, 0.25) is 11.8 Å². The normalized spacial score (nSPS) is 18.6. The molecule has 1 rings (SSSR count). The second-order valence-electron chi connectivity index (χ2n) is 5.40. The van der Waals surface area contributed by atoms with Crippen molar-refractivity contribution in [3.8, 4) is 0 Å². The first-order valence-corrected chi connectivity index (χ1v) is 7.33. The Labute approximate surface area is 128 Å². The van der Waals surface area contributed by atoms with Crippen LogP contribution in [0.4, 0.5) is 0 Å². The molecule has 0 heterocycles. The largest absolute Gasteiger partial charge is 0.341 e. The van der Waals surface area contributed by atoms with Crippen molar-refractivity contribution in [2.45, 2.75) is 64.5 Å². The van der Waals surface area contributed by atoms with E-state index >= 15 is 0 Å². The van der Waals surface area contributed by atoms with Crippen LogP contribution in [0.25, 0.3) is 0 Å². The van der Waals surface area contributed by atoms with Gasteiger partial charge in [-0.2, -0.15) is 0 Å². The molecule has 1 aliphatic rings. The number of rotatable bonds is 5. The summed E-state index contributed by atoms with van der Waals surface area (Å²) in [6, 6.07) is -0.580. The molecule has 20 heavy (non-hydrogen) atoms. The van der Waals surface area contributed by atoms with Gasteiger partial charge in [-0.3, -0.25) is 9.59 Å². The van der Waals surface area contributed by atoms with E-state index in [0.29, 0.717) is 13.1 Å². The van der Waals surface area contributed by atoms with Crippen molar-refractivity contribution in [2.24, 2.45) is 5.73 Å². The van der Waals surface area contributed by atoms with E-state index in [1.165, 1.54) is 0 Å². The number of carbonyl (C=O) groups is 2.